The van der Waals surface area contributed by atoms with Gasteiger partial charge >= 0.3 is 41.0 Å². The predicted molar refractivity (Wildman–Crippen MR) is 76.0 cm³/mol. The molecule has 0 saturated heterocycles. The highest BCUT2D eigenvalue weighted by molar-refractivity contribution is 5.90. The van der Waals surface area contributed by atoms with E-state index in [1.807, 2.05) is 0 Å². The Morgan fingerprint density at radius 3 is 2.05 bits per heavy atom. The van der Waals surface area contributed by atoms with Gasteiger partial charge in [-0.1, -0.05) is 6.08 Å². The molecule has 0 fully saturated rings. The van der Waals surface area contributed by atoms with Crippen LogP contribution in [0.4, 0.5) is 0 Å². The Balaban J connectivity index is 0. The summed E-state index contributed by atoms with van der Waals surface area (Å²) in [6, 6.07) is 0. The van der Waals surface area contributed by atoms with Gasteiger partial charge in [-0.15, -0.1) is 0 Å². The molecule has 0 bridgehead atoms. The lowest BCUT2D eigenvalue weighted by Crippen LogP contribution is -2.11. The zero-order valence-electron chi connectivity index (χ0n) is 11.1. The summed E-state index contributed by atoms with van der Waals surface area (Å²) < 4.78 is 9.61. The number of rotatable bonds is 10. The Hall–Kier alpha value is -1.08. The van der Waals surface area contributed by atoms with Crippen molar-refractivity contribution in [3.63, 3.8) is 0 Å². The van der Waals surface area contributed by atoms with Crippen LogP contribution < -0.4 is 0 Å². The van der Waals surface area contributed by atoms with Crippen LogP contribution in [-0.4, -0.2) is 59.3 Å². The smallest absolute Gasteiger partial charge is 0.330 e. The normalized spacial score (nSPS) is 9.85. The molecule has 20 heavy (non-hydrogen) atoms. The van der Waals surface area contributed by atoms with E-state index >= 15 is 0 Å². The van der Waals surface area contributed by atoms with Gasteiger partial charge in [0, 0.05) is 6.08 Å². The third-order valence-corrected chi connectivity index (χ3v) is 2.14. The summed E-state index contributed by atoms with van der Waals surface area (Å²) in [4.78, 5) is 32.0. The lowest BCUT2D eigenvalue weighted by atomic mass is 10.2. The fourth-order valence-corrected chi connectivity index (χ4v) is 1.28. The lowest BCUT2D eigenvalue weighted by molar-refractivity contribution is -0.151. The number of unbranched alkanes of at least 4 members (excludes halogenated alkanes) is 3. The average Bonchev–Trinajstić information content (AvgIpc) is 2.32. The average molecular weight is 299 g/mol. The minimum absolute atomic E-state index is 0. The first kappa shape index (κ1) is 21.2. The summed E-state index contributed by atoms with van der Waals surface area (Å²) in [6.07, 6.45) is 5.51. The summed E-state index contributed by atoms with van der Waals surface area (Å²) in [6.45, 7) is 2.35. The largest absolute Gasteiger partial charge is 0.481 e. The number of hydrogen-bond donors (Lipinski definition) is 1. The molecule has 0 aliphatic carbocycles. The van der Waals surface area contributed by atoms with Crippen LogP contribution in [0.5, 0.6) is 0 Å². The van der Waals surface area contributed by atoms with Crippen molar-refractivity contribution in [3.8, 4) is 0 Å². The van der Waals surface area contributed by atoms with E-state index in [2.05, 4.69) is 0 Å². The van der Waals surface area contributed by atoms with E-state index < -0.39 is 18.4 Å². The van der Waals surface area contributed by atoms with Gasteiger partial charge in [-0.05, 0) is 32.6 Å². The van der Waals surface area contributed by atoms with Crippen LogP contribution in [0.3, 0.4) is 0 Å². The van der Waals surface area contributed by atoms with Crippen LogP contribution in [0.25, 0.3) is 0 Å². The molecular weight excluding hydrogens is 276 g/mol. The van der Waals surface area contributed by atoms with Crippen LogP contribution in [0.15, 0.2) is 12.2 Å². The minimum Gasteiger partial charge on any atom is -0.481 e. The highest BCUT2D eigenvalue weighted by atomic mass is 24.3. The Morgan fingerprint density at radius 2 is 1.55 bits per heavy atom. The van der Waals surface area contributed by atoms with Crippen molar-refractivity contribution >= 4 is 41.0 Å². The summed E-state index contributed by atoms with van der Waals surface area (Å²) in [7, 11) is 0. The predicted octanol–water partition coefficient (Wildman–Crippen LogP) is 0.768. The van der Waals surface area contributed by atoms with Crippen molar-refractivity contribution in [1.29, 1.82) is 0 Å². The summed E-state index contributed by atoms with van der Waals surface area (Å²) in [5.74, 6) is -2.24. The number of carbonyl (C=O) groups excluding carboxylic acids is 2. The van der Waals surface area contributed by atoms with Gasteiger partial charge in [-0.3, -0.25) is 9.59 Å². The Bertz CT molecular complexity index is 327. The SMILES string of the molecule is CC=CC(=O)OCCCCCCOC(=O)CC(=O)O.[MgH2]. The van der Waals surface area contributed by atoms with Gasteiger partial charge < -0.3 is 14.6 Å². The first-order valence-electron chi connectivity index (χ1n) is 6.23. The molecule has 0 aromatic heterocycles. The molecule has 0 radical (unpaired) electrons. The summed E-state index contributed by atoms with van der Waals surface area (Å²) in [5.41, 5.74) is 0. The van der Waals surface area contributed by atoms with Gasteiger partial charge in [0.25, 0.3) is 0 Å². The van der Waals surface area contributed by atoms with Crippen LogP contribution in [0.2, 0.25) is 0 Å². The molecule has 0 aliphatic rings. The number of esters is 2. The Morgan fingerprint density at radius 1 is 1.00 bits per heavy atom. The molecule has 0 saturated carbocycles. The maximum absolute atomic E-state index is 10.9. The van der Waals surface area contributed by atoms with Crippen molar-refractivity contribution in [2.24, 2.45) is 0 Å². The van der Waals surface area contributed by atoms with Gasteiger partial charge in [0.05, 0.1) is 13.2 Å². The second-order valence-corrected chi connectivity index (χ2v) is 3.87. The molecule has 112 valence electrons. The first-order valence-corrected chi connectivity index (χ1v) is 6.23. The van der Waals surface area contributed by atoms with E-state index in [4.69, 9.17) is 14.6 Å². The molecule has 6 nitrogen and oxygen atoms in total. The molecule has 0 amide bonds. The third-order valence-electron chi connectivity index (χ3n) is 2.14. The van der Waals surface area contributed by atoms with Crippen LogP contribution in [-0.2, 0) is 23.9 Å². The second kappa shape index (κ2) is 14.3. The second-order valence-electron chi connectivity index (χ2n) is 3.87. The van der Waals surface area contributed by atoms with Gasteiger partial charge in [-0.2, -0.15) is 0 Å². The fraction of sp³-hybridized carbons (Fsp3) is 0.615. The van der Waals surface area contributed by atoms with Gasteiger partial charge in [-0.25, -0.2) is 4.79 Å². The third kappa shape index (κ3) is 15.0. The zero-order valence-corrected chi connectivity index (χ0v) is 11.1. The maximum atomic E-state index is 10.9. The topological polar surface area (TPSA) is 89.9 Å². The molecule has 7 heteroatoms. The maximum Gasteiger partial charge on any atom is 0.330 e. The summed E-state index contributed by atoms with van der Waals surface area (Å²) >= 11 is 0. The molecule has 0 atom stereocenters. The Kier molecular flexibility index (Phi) is 15.2. The quantitative estimate of drug-likeness (QED) is 0.211. The molecule has 0 unspecified atom stereocenters. The molecule has 0 heterocycles. The molecule has 0 rings (SSSR count). The van der Waals surface area contributed by atoms with Gasteiger partial charge in [0.15, 0.2) is 0 Å². The number of carboxylic acid groups (broad SMARTS) is 1. The molecule has 1 N–H and O–H groups in total. The lowest BCUT2D eigenvalue weighted by Gasteiger charge is -2.04. The number of aliphatic carboxylic acids is 1. The number of carboxylic acids is 1. The number of allylic oxidation sites excluding steroid dienone is 1. The molecule has 0 aromatic carbocycles. The van der Waals surface area contributed by atoms with E-state index in [0.717, 1.165) is 19.3 Å². The number of carbonyl (C=O) groups is 3. The van der Waals surface area contributed by atoms with Crippen molar-refractivity contribution < 1.29 is 29.0 Å². The minimum atomic E-state index is -1.19. The highest BCUT2D eigenvalue weighted by Crippen LogP contribution is 2.01. The fourth-order valence-electron chi connectivity index (χ4n) is 1.28. The van der Waals surface area contributed by atoms with Crippen LogP contribution in [0.1, 0.15) is 39.0 Å². The van der Waals surface area contributed by atoms with Crippen molar-refractivity contribution in [3.05, 3.63) is 12.2 Å². The van der Waals surface area contributed by atoms with Crippen LogP contribution in [0, 0.1) is 0 Å². The van der Waals surface area contributed by atoms with Gasteiger partial charge in [0.2, 0.25) is 0 Å². The van der Waals surface area contributed by atoms with Gasteiger partial charge in [0.1, 0.15) is 6.42 Å². The van der Waals surface area contributed by atoms with E-state index in [0.29, 0.717) is 13.0 Å². The van der Waals surface area contributed by atoms with E-state index in [1.54, 1.807) is 13.0 Å². The highest BCUT2D eigenvalue weighted by Gasteiger charge is 2.07. The summed E-state index contributed by atoms with van der Waals surface area (Å²) in [5, 5.41) is 8.32. The number of hydrogen-bond acceptors (Lipinski definition) is 5. The van der Waals surface area contributed by atoms with Crippen molar-refractivity contribution in [1.82, 2.24) is 0 Å². The standard InChI is InChI=1S/C13H20O6.Mg.2H/c1-2-7-12(16)18-8-5-3-4-6-9-19-13(17)10-11(14)15;;;/h2,7H,3-6,8-10H2,1H3,(H,14,15);;;. The van der Waals surface area contributed by atoms with E-state index in [1.165, 1.54) is 6.08 Å². The van der Waals surface area contributed by atoms with Crippen molar-refractivity contribution in [2.75, 3.05) is 13.2 Å². The molecule has 0 aliphatic heterocycles. The number of ether oxygens (including phenoxy) is 2. The molecule has 0 spiro atoms. The zero-order chi connectivity index (χ0) is 14.5. The molecular formula is C13H22MgO6. The van der Waals surface area contributed by atoms with E-state index in [-0.39, 0.29) is 35.6 Å². The van der Waals surface area contributed by atoms with E-state index in [9.17, 15) is 14.4 Å². The van der Waals surface area contributed by atoms with Crippen molar-refractivity contribution in [2.45, 2.75) is 39.0 Å². The first-order chi connectivity index (χ1) is 9.06. The Labute approximate surface area is 134 Å². The molecule has 0 aromatic rings. The monoisotopic (exact) mass is 298 g/mol. The van der Waals surface area contributed by atoms with Crippen LogP contribution >= 0.6 is 0 Å².